The maximum Gasteiger partial charge on any atom is 0.289 e. The molecule has 1 aliphatic heterocycles. The number of para-hydroxylation sites is 1. The van der Waals surface area contributed by atoms with E-state index in [2.05, 4.69) is 4.72 Å². The molecule has 1 heterocycles. The van der Waals surface area contributed by atoms with Gasteiger partial charge in [0.2, 0.25) is 16.8 Å². The fourth-order valence-corrected chi connectivity index (χ4v) is 3.78. The molecule has 2 aromatic rings. The summed E-state index contributed by atoms with van der Waals surface area (Å²) in [5, 5.41) is 21.7. The highest BCUT2D eigenvalue weighted by atomic mass is 32.2. The molecule has 9 nitrogen and oxygen atoms in total. The largest absolute Gasteiger partial charge is 0.454 e. The molecular formula is C16H16N2O7S. The molecular weight excluding hydrogens is 364 g/mol. The molecule has 0 aromatic heterocycles. The van der Waals surface area contributed by atoms with Crippen LogP contribution >= 0.6 is 0 Å². The zero-order valence-corrected chi connectivity index (χ0v) is 14.5. The number of benzene rings is 2. The number of aliphatic hydroxyl groups is 1. The van der Waals surface area contributed by atoms with Crippen LogP contribution in [0.4, 0.5) is 5.69 Å². The van der Waals surface area contributed by atoms with Crippen LogP contribution in [0.3, 0.4) is 0 Å². The molecule has 2 N–H and O–H groups in total. The average Bonchev–Trinajstić information content (AvgIpc) is 3.08. The summed E-state index contributed by atoms with van der Waals surface area (Å²) in [6.07, 6.45) is 0. The van der Waals surface area contributed by atoms with Crippen LogP contribution in [0.25, 0.3) is 0 Å². The van der Waals surface area contributed by atoms with Gasteiger partial charge < -0.3 is 14.6 Å². The Bertz CT molecular complexity index is 957. The van der Waals surface area contributed by atoms with Crippen molar-refractivity contribution in [3.05, 3.63) is 58.1 Å². The lowest BCUT2D eigenvalue weighted by Gasteiger charge is -2.24. The summed E-state index contributed by atoms with van der Waals surface area (Å²) in [6, 6.07) is 9.76. The molecule has 26 heavy (non-hydrogen) atoms. The van der Waals surface area contributed by atoms with E-state index in [0.29, 0.717) is 17.1 Å². The summed E-state index contributed by atoms with van der Waals surface area (Å²) in [6.45, 7) is 1.11. The van der Waals surface area contributed by atoms with Crippen molar-refractivity contribution in [2.75, 3.05) is 13.3 Å². The molecule has 0 radical (unpaired) electrons. The zero-order chi connectivity index (χ0) is 18.9. The smallest absolute Gasteiger partial charge is 0.289 e. The third-order valence-electron chi connectivity index (χ3n) is 3.95. The lowest BCUT2D eigenvalue weighted by Crippen LogP contribution is -2.38. The van der Waals surface area contributed by atoms with Gasteiger partial charge in [0.15, 0.2) is 16.4 Å². The van der Waals surface area contributed by atoms with Crippen LogP contribution in [-0.2, 0) is 15.6 Å². The molecule has 0 aliphatic carbocycles. The average molecular weight is 380 g/mol. The Labute approximate surface area is 149 Å². The minimum atomic E-state index is -4.20. The Kier molecular flexibility index (Phi) is 4.57. The van der Waals surface area contributed by atoms with Crippen LogP contribution in [0.1, 0.15) is 12.5 Å². The quantitative estimate of drug-likeness (QED) is 0.574. The second-order valence-electron chi connectivity index (χ2n) is 5.89. The van der Waals surface area contributed by atoms with Crippen molar-refractivity contribution >= 4 is 15.7 Å². The number of ether oxygens (including phenoxy) is 2. The van der Waals surface area contributed by atoms with Gasteiger partial charge >= 0.3 is 0 Å². The van der Waals surface area contributed by atoms with E-state index in [0.717, 1.165) is 12.1 Å². The summed E-state index contributed by atoms with van der Waals surface area (Å²) in [7, 11) is -4.20. The van der Waals surface area contributed by atoms with Crippen LogP contribution < -0.4 is 14.2 Å². The van der Waals surface area contributed by atoms with E-state index in [1.54, 1.807) is 18.2 Å². The number of nitro benzene ring substituents is 1. The lowest BCUT2D eigenvalue weighted by molar-refractivity contribution is -0.387. The van der Waals surface area contributed by atoms with Crippen molar-refractivity contribution in [1.82, 2.24) is 4.72 Å². The van der Waals surface area contributed by atoms with Gasteiger partial charge in [-0.25, -0.2) is 13.1 Å². The van der Waals surface area contributed by atoms with Crippen LogP contribution in [-0.4, -0.2) is 31.8 Å². The minimum Gasteiger partial charge on any atom is -0.454 e. The number of sulfonamides is 1. The Morgan fingerprint density at radius 2 is 1.92 bits per heavy atom. The molecule has 0 saturated carbocycles. The number of nitro groups is 1. The fraction of sp³-hybridized carbons (Fsp3) is 0.250. The number of rotatable bonds is 6. The molecule has 1 unspecified atom stereocenters. The molecule has 2 aromatic carbocycles. The number of nitrogens with one attached hydrogen (secondary N) is 1. The molecule has 0 saturated heterocycles. The van der Waals surface area contributed by atoms with E-state index in [-0.39, 0.29) is 13.3 Å². The van der Waals surface area contributed by atoms with Crippen molar-refractivity contribution in [1.29, 1.82) is 0 Å². The van der Waals surface area contributed by atoms with Gasteiger partial charge in [0.25, 0.3) is 5.69 Å². The highest BCUT2D eigenvalue weighted by Gasteiger charge is 2.31. The standard InChI is InChI=1S/C16H16N2O7S/c1-16(19,11-6-7-13-14(8-11)25-10-24-13)9-17-26(22,23)15-5-3-2-4-12(15)18(20)21/h2-8,17,19H,9-10H2,1H3. The highest BCUT2D eigenvalue weighted by Crippen LogP contribution is 2.35. The van der Waals surface area contributed by atoms with Gasteiger partial charge in [-0.15, -0.1) is 0 Å². The van der Waals surface area contributed by atoms with Gasteiger partial charge in [-0.1, -0.05) is 18.2 Å². The lowest BCUT2D eigenvalue weighted by atomic mass is 9.96. The summed E-state index contributed by atoms with van der Waals surface area (Å²) in [5.41, 5.74) is -1.70. The minimum absolute atomic E-state index is 0.0746. The summed E-state index contributed by atoms with van der Waals surface area (Å²) >= 11 is 0. The maximum atomic E-state index is 12.5. The Morgan fingerprint density at radius 1 is 1.23 bits per heavy atom. The second kappa shape index (κ2) is 6.56. The van der Waals surface area contributed by atoms with E-state index in [9.17, 15) is 23.6 Å². The molecule has 3 rings (SSSR count). The summed E-state index contributed by atoms with van der Waals surface area (Å²) in [5.74, 6) is 0.981. The third kappa shape index (κ3) is 3.47. The number of hydrogen-bond donors (Lipinski definition) is 2. The Morgan fingerprint density at radius 3 is 2.65 bits per heavy atom. The predicted octanol–water partition coefficient (Wildman–Crippen LogP) is 1.51. The van der Waals surface area contributed by atoms with Crippen molar-refractivity contribution in [2.24, 2.45) is 0 Å². The molecule has 0 fully saturated rings. The zero-order valence-electron chi connectivity index (χ0n) is 13.7. The number of nitrogens with zero attached hydrogens (tertiary/aromatic N) is 1. The van der Waals surface area contributed by atoms with E-state index < -0.39 is 31.1 Å². The van der Waals surface area contributed by atoms with Crippen molar-refractivity contribution in [2.45, 2.75) is 17.4 Å². The van der Waals surface area contributed by atoms with Crippen molar-refractivity contribution < 1.29 is 27.9 Å². The fourth-order valence-electron chi connectivity index (χ4n) is 2.48. The monoisotopic (exact) mass is 380 g/mol. The first-order valence-corrected chi connectivity index (χ1v) is 9.05. The van der Waals surface area contributed by atoms with Gasteiger partial charge in [0.1, 0.15) is 5.60 Å². The maximum absolute atomic E-state index is 12.5. The Balaban J connectivity index is 1.82. The molecule has 1 atom stereocenters. The second-order valence-corrected chi connectivity index (χ2v) is 7.63. The Hall–Kier alpha value is -2.69. The third-order valence-corrected chi connectivity index (χ3v) is 5.40. The first kappa shape index (κ1) is 18.1. The van der Waals surface area contributed by atoms with E-state index >= 15 is 0 Å². The van der Waals surface area contributed by atoms with Gasteiger partial charge in [-0.2, -0.15) is 0 Å². The number of fused-ring (bicyclic) bond motifs is 1. The SMILES string of the molecule is CC(O)(CNS(=O)(=O)c1ccccc1[N+](=O)[O-])c1ccc2c(c1)OCO2. The normalized spacial score (nSPS) is 15.5. The van der Waals surface area contributed by atoms with E-state index in [4.69, 9.17) is 9.47 Å². The van der Waals surface area contributed by atoms with Crippen LogP contribution in [0, 0.1) is 10.1 Å². The predicted molar refractivity (Wildman–Crippen MR) is 90.4 cm³/mol. The van der Waals surface area contributed by atoms with Gasteiger partial charge in [0.05, 0.1) is 4.92 Å². The van der Waals surface area contributed by atoms with Crippen LogP contribution in [0.15, 0.2) is 47.4 Å². The molecule has 10 heteroatoms. The van der Waals surface area contributed by atoms with Crippen LogP contribution in [0.5, 0.6) is 11.5 Å². The molecule has 0 spiro atoms. The van der Waals surface area contributed by atoms with Crippen molar-refractivity contribution in [3.63, 3.8) is 0 Å². The highest BCUT2D eigenvalue weighted by molar-refractivity contribution is 7.89. The first-order valence-electron chi connectivity index (χ1n) is 7.56. The molecule has 1 aliphatic rings. The van der Waals surface area contributed by atoms with E-state index in [1.807, 2.05) is 0 Å². The molecule has 138 valence electrons. The molecule has 0 amide bonds. The summed E-state index contributed by atoms with van der Waals surface area (Å²) in [4.78, 5) is 9.80. The topological polar surface area (TPSA) is 128 Å². The molecule has 0 bridgehead atoms. The summed E-state index contributed by atoms with van der Waals surface area (Å²) < 4.78 is 37.6. The van der Waals surface area contributed by atoms with Gasteiger partial charge in [-0.3, -0.25) is 10.1 Å². The van der Waals surface area contributed by atoms with Crippen molar-refractivity contribution in [3.8, 4) is 11.5 Å². The van der Waals surface area contributed by atoms with Crippen LogP contribution in [0.2, 0.25) is 0 Å². The first-order chi connectivity index (χ1) is 12.2. The number of hydrogen-bond acceptors (Lipinski definition) is 7. The van der Waals surface area contributed by atoms with E-state index in [1.165, 1.54) is 19.1 Å². The van der Waals surface area contributed by atoms with Gasteiger partial charge in [0, 0.05) is 12.6 Å². The van der Waals surface area contributed by atoms with Gasteiger partial charge in [-0.05, 0) is 30.7 Å².